The fourth-order valence-electron chi connectivity index (χ4n) is 1.30. The maximum Gasteiger partial charge on any atom is 0.252 e. The summed E-state index contributed by atoms with van der Waals surface area (Å²) in [6, 6.07) is 5.75. The van der Waals surface area contributed by atoms with Crippen molar-refractivity contribution in [2.45, 2.75) is 18.9 Å². The third kappa shape index (κ3) is 2.50. The number of amides is 1. The largest absolute Gasteiger partial charge is 0.497 e. The van der Waals surface area contributed by atoms with E-state index in [-0.39, 0.29) is 5.91 Å². The summed E-state index contributed by atoms with van der Waals surface area (Å²) in [5, 5.41) is 2.94. The maximum atomic E-state index is 11.8. The summed E-state index contributed by atoms with van der Waals surface area (Å²) < 4.78 is 5.87. The zero-order valence-corrected chi connectivity index (χ0v) is 10.0. The van der Waals surface area contributed by atoms with Crippen LogP contribution in [-0.4, -0.2) is 19.1 Å². The molecule has 15 heavy (non-hydrogen) atoms. The van der Waals surface area contributed by atoms with Gasteiger partial charge in [-0.1, -0.05) is 0 Å². The summed E-state index contributed by atoms with van der Waals surface area (Å²) in [6.45, 7) is 0. The molecule has 0 saturated heterocycles. The van der Waals surface area contributed by atoms with Crippen molar-refractivity contribution in [3.63, 3.8) is 0 Å². The third-order valence-electron chi connectivity index (χ3n) is 2.33. The van der Waals surface area contributed by atoms with Gasteiger partial charge in [-0.25, -0.2) is 0 Å². The molecule has 1 aliphatic carbocycles. The normalized spacial score (nSPS) is 14.8. The van der Waals surface area contributed by atoms with E-state index in [1.165, 1.54) is 0 Å². The van der Waals surface area contributed by atoms with Crippen molar-refractivity contribution in [2.24, 2.45) is 0 Å². The minimum absolute atomic E-state index is 0.0386. The van der Waals surface area contributed by atoms with E-state index in [1.54, 1.807) is 13.2 Å². The first-order valence-electron chi connectivity index (χ1n) is 4.85. The van der Waals surface area contributed by atoms with Gasteiger partial charge in [-0.05, 0) is 47.0 Å². The van der Waals surface area contributed by atoms with Crippen LogP contribution in [0.15, 0.2) is 22.7 Å². The molecule has 0 unspecified atom stereocenters. The molecule has 0 bridgehead atoms. The zero-order valence-electron chi connectivity index (χ0n) is 8.42. The van der Waals surface area contributed by atoms with E-state index in [9.17, 15) is 4.79 Å². The Labute approximate surface area is 96.9 Å². The van der Waals surface area contributed by atoms with Gasteiger partial charge in [0.05, 0.1) is 12.7 Å². The van der Waals surface area contributed by atoms with Crippen molar-refractivity contribution in [3.8, 4) is 5.75 Å². The van der Waals surface area contributed by atoms with Gasteiger partial charge in [0.15, 0.2) is 0 Å². The molecule has 1 aromatic rings. The Morgan fingerprint density at radius 3 is 2.87 bits per heavy atom. The molecule has 1 fully saturated rings. The van der Waals surface area contributed by atoms with E-state index in [1.807, 2.05) is 12.1 Å². The Kier molecular flexibility index (Phi) is 2.95. The second-order valence-corrected chi connectivity index (χ2v) is 4.45. The van der Waals surface area contributed by atoms with Gasteiger partial charge in [-0.3, -0.25) is 4.79 Å². The molecule has 2 rings (SSSR count). The number of carbonyl (C=O) groups excluding carboxylic acids is 1. The number of hydrogen-bond donors (Lipinski definition) is 1. The highest BCUT2D eigenvalue weighted by molar-refractivity contribution is 9.10. The van der Waals surface area contributed by atoms with Gasteiger partial charge in [-0.15, -0.1) is 0 Å². The van der Waals surface area contributed by atoms with Crippen LogP contribution in [0.1, 0.15) is 23.2 Å². The molecule has 0 radical (unpaired) electrons. The Morgan fingerprint density at radius 1 is 1.53 bits per heavy atom. The highest BCUT2D eigenvalue weighted by Gasteiger charge is 2.24. The topological polar surface area (TPSA) is 38.3 Å². The molecule has 1 saturated carbocycles. The summed E-state index contributed by atoms with van der Waals surface area (Å²) in [6.07, 6.45) is 2.18. The fourth-order valence-corrected chi connectivity index (χ4v) is 1.72. The lowest BCUT2D eigenvalue weighted by molar-refractivity contribution is 0.0950. The number of carbonyl (C=O) groups is 1. The maximum absolute atomic E-state index is 11.8. The molecule has 1 aromatic carbocycles. The molecular formula is C11H12BrNO2. The van der Waals surface area contributed by atoms with Crippen LogP contribution in [0, 0.1) is 0 Å². The first-order valence-corrected chi connectivity index (χ1v) is 5.64. The quantitative estimate of drug-likeness (QED) is 0.915. The highest BCUT2D eigenvalue weighted by Crippen LogP contribution is 2.24. The van der Waals surface area contributed by atoms with Crippen LogP contribution in [-0.2, 0) is 0 Å². The van der Waals surface area contributed by atoms with Crippen molar-refractivity contribution < 1.29 is 9.53 Å². The first kappa shape index (κ1) is 10.5. The minimum Gasteiger partial charge on any atom is -0.497 e. The van der Waals surface area contributed by atoms with Gasteiger partial charge in [0.2, 0.25) is 0 Å². The Morgan fingerprint density at radius 2 is 2.27 bits per heavy atom. The van der Waals surface area contributed by atoms with Crippen molar-refractivity contribution in [1.82, 2.24) is 5.32 Å². The van der Waals surface area contributed by atoms with Crippen LogP contribution in [0.2, 0.25) is 0 Å². The molecule has 0 aliphatic heterocycles. The van der Waals surface area contributed by atoms with Crippen LogP contribution in [0.25, 0.3) is 0 Å². The Hall–Kier alpha value is -1.03. The Balaban J connectivity index is 2.20. The van der Waals surface area contributed by atoms with Gasteiger partial charge in [-0.2, -0.15) is 0 Å². The molecular weight excluding hydrogens is 258 g/mol. The smallest absolute Gasteiger partial charge is 0.252 e. The molecule has 3 nitrogen and oxygen atoms in total. The number of hydrogen-bond acceptors (Lipinski definition) is 2. The number of methoxy groups -OCH3 is 1. The molecule has 0 aromatic heterocycles. The summed E-state index contributed by atoms with van der Waals surface area (Å²) in [5.74, 6) is 0.655. The van der Waals surface area contributed by atoms with E-state index in [0.717, 1.165) is 17.3 Å². The first-order chi connectivity index (χ1) is 7.20. The summed E-state index contributed by atoms with van der Waals surface area (Å²) in [5.41, 5.74) is 0.626. The molecule has 4 heteroatoms. The third-order valence-corrected chi connectivity index (χ3v) is 3.02. The summed E-state index contributed by atoms with van der Waals surface area (Å²) in [4.78, 5) is 11.8. The molecule has 80 valence electrons. The average Bonchev–Trinajstić information content (AvgIpc) is 3.02. The second-order valence-electron chi connectivity index (χ2n) is 3.59. The predicted molar refractivity (Wildman–Crippen MR) is 61.2 cm³/mol. The van der Waals surface area contributed by atoms with E-state index in [4.69, 9.17) is 4.74 Å². The molecule has 1 aliphatic rings. The predicted octanol–water partition coefficient (Wildman–Crippen LogP) is 2.35. The lowest BCUT2D eigenvalue weighted by atomic mass is 10.2. The number of nitrogens with one attached hydrogen (secondary N) is 1. The van der Waals surface area contributed by atoms with Crippen LogP contribution in [0.5, 0.6) is 5.75 Å². The fraction of sp³-hybridized carbons (Fsp3) is 0.364. The lowest BCUT2D eigenvalue weighted by Crippen LogP contribution is -2.25. The van der Waals surface area contributed by atoms with Crippen molar-refractivity contribution >= 4 is 21.8 Å². The van der Waals surface area contributed by atoms with Gasteiger partial charge >= 0.3 is 0 Å². The van der Waals surface area contributed by atoms with Crippen LogP contribution in [0.3, 0.4) is 0 Å². The van der Waals surface area contributed by atoms with Crippen molar-refractivity contribution in [2.75, 3.05) is 7.11 Å². The van der Waals surface area contributed by atoms with E-state index in [0.29, 0.717) is 17.4 Å². The molecule has 0 atom stereocenters. The molecule has 1 N–H and O–H groups in total. The van der Waals surface area contributed by atoms with Crippen molar-refractivity contribution in [3.05, 3.63) is 28.2 Å². The van der Waals surface area contributed by atoms with E-state index < -0.39 is 0 Å². The van der Waals surface area contributed by atoms with Gasteiger partial charge < -0.3 is 10.1 Å². The SMILES string of the molecule is COc1ccc(Br)c(C(=O)NC2CC2)c1. The van der Waals surface area contributed by atoms with Gasteiger partial charge in [0.25, 0.3) is 5.91 Å². The van der Waals surface area contributed by atoms with Crippen LogP contribution < -0.4 is 10.1 Å². The standard InChI is InChI=1S/C11H12BrNO2/c1-15-8-4-5-10(12)9(6-8)11(14)13-7-2-3-7/h4-7H,2-3H2,1H3,(H,13,14). The van der Waals surface area contributed by atoms with E-state index >= 15 is 0 Å². The molecule has 0 spiro atoms. The zero-order chi connectivity index (χ0) is 10.8. The monoisotopic (exact) mass is 269 g/mol. The number of ether oxygens (including phenoxy) is 1. The molecule has 0 heterocycles. The van der Waals surface area contributed by atoms with Crippen LogP contribution in [0.4, 0.5) is 0 Å². The Bertz CT molecular complexity index is 388. The molecule has 1 amide bonds. The van der Waals surface area contributed by atoms with E-state index in [2.05, 4.69) is 21.2 Å². The minimum atomic E-state index is -0.0386. The number of benzene rings is 1. The van der Waals surface area contributed by atoms with Crippen LogP contribution >= 0.6 is 15.9 Å². The highest BCUT2D eigenvalue weighted by atomic mass is 79.9. The number of halogens is 1. The van der Waals surface area contributed by atoms with Gasteiger partial charge in [0, 0.05) is 10.5 Å². The average molecular weight is 270 g/mol. The van der Waals surface area contributed by atoms with Crippen molar-refractivity contribution in [1.29, 1.82) is 0 Å². The summed E-state index contributed by atoms with van der Waals surface area (Å²) in [7, 11) is 1.59. The lowest BCUT2D eigenvalue weighted by Gasteiger charge is -2.07. The number of rotatable bonds is 3. The summed E-state index contributed by atoms with van der Waals surface area (Å²) >= 11 is 3.35. The second kappa shape index (κ2) is 4.23. The van der Waals surface area contributed by atoms with Gasteiger partial charge in [0.1, 0.15) is 5.75 Å².